The zero-order valence-electron chi connectivity index (χ0n) is 23.9. The monoisotopic (exact) mass is 593 g/mol. The summed E-state index contributed by atoms with van der Waals surface area (Å²) in [6, 6.07) is 13.6. The lowest BCUT2D eigenvalue weighted by molar-refractivity contribution is 0.0690. The fraction of sp³-hybridized carbons (Fsp3) is 0.387. The van der Waals surface area contributed by atoms with Gasteiger partial charge in [0.1, 0.15) is 12.1 Å². The molecule has 1 aliphatic heterocycles. The number of rotatable bonds is 10. The van der Waals surface area contributed by atoms with Gasteiger partial charge < -0.3 is 10.6 Å². The summed E-state index contributed by atoms with van der Waals surface area (Å²) < 4.78 is 25.3. The number of nitrogens with zero attached hydrogens (tertiary/aromatic N) is 5. The van der Waals surface area contributed by atoms with Gasteiger partial charge in [0, 0.05) is 54.6 Å². The van der Waals surface area contributed by atoms with Crippen molar-refractivity contribution in [3.05, 3.63) is 78.0 Å². The van der Waals surface area contributed by atoms with Gasteiger partial charge in [-0.1, -0.05) is 25.1 Å². The molecule has 3 aromatic heterocycles. The standard InChI is InChI=1S/C31H35F2N7O.H2S/c1-20(24-4-3-5-25-26(31(41)34-2)8-11-35-30(24)25)16-37-29-15-27(38-19-39-29)22-6-7-23(36-17-22)14-21-9-12-40(13-10-21)18-28(32)33;/h3-8,11,15,17,19-21,28H,9-10,12-14,16,18H2,1-2H3,(H,34,41)(H,37,38,39);1H2/t20-;/m1./s1. The summed E-state index contributed by atoms with van der Waals surface area (Å²) >= 11 is 0. The van der Waals surface area contributed by atoms with Gasteiger partial charge in [-0.3, -0.25) is 19.7 Å². The van der Waals surface area contributed by atoms with E-state index in [2.05, 4.69) is 37.5 Å². The summed E-state index contributed by atoms with van der Waals surface area (Å²) in [5.74, 6) is 1.14. The predicted octanol–water partition coefficient (Wildman–Crippen LogP) is 5.29. The second-order valence-electron chi connectivity index (χ2n) is 10.6. The maximum Gasteiger partial charge on any atom is 0.251 e. The molecule has 1 aromatic carbocycles. The number of anilines is 1. The first-order chi connectivity index (χ1) is 19.9. The van der Waals surface area contributed by atoms with Crippen LogP contribution in [0.4, 0.5) is 14.6 Å². The summed E-state index contributed by atoms with van der Waals surface area (Å²) in [6.45, 7) is 4.04. The molecule has 42 heavy (non-hydrogen) atoms. The second-order valence-corrected chi connectivity index (χ2v) is 10.6. The van der Waals surface area contributed by atoms with Gasteiger partial charge >= 0.3 is 0 Å². The van der Waals surface area contributed by atoms with Crippen LogP contribution in [0.15, 0.2) is 61.2 Å². The normalized spacial score (nSPS) is 14.9. The molecule has 0 bridgehead atoms. The first-order valence-corrected chi connectivity index (χ1v) is 14.0. The van der Waals surface area contributed by atoms with Crippen molar-refractivity contribution in [2.24, 2.45) is 5.92 Å². The van der Waals surface area contributed by atoms with Gasteiger partial charge in [-0.25, -0.2) is 18.7 Å². The van der Waals surface area contributed by atoms with Gasteiger partial charge in [0.15, 0.2) is 0 Å². The van der Waals surface area contributed by atoms with Crippen LogP contribution in [-0.2, 0) is 6.42 Å². The van der Waals surface area contributed by atoms with Gasteiger partial charge in [-0.05, 0) is 62.0 Å². The quantitative estimate of drug-likeness (QED) is 0.258. The Kier molecular flexibility index (Phi) is 10.8. The molecule has 1 saturated heterocycles. The van der Waals surface area contributed by atoms with E-state index in [4.69, 9.17) is 0 Å². The van der Waals surface area contributed by atoms with E-state index in [9.17, 15) is 13.6 Å². The van der Waals surface area contributed by atoms with Crippen LogP contribution in [0.25, 0.3) is 22.2 Å². The number of hydrogen-bond donors (Lipinski definition) is 2. The van der Waals surface area contributed by atoms with Crippen molar-refractivity contribution in [3.8, 4) is 11.3 Å². The van der Waals surface area contributed by atoms with Crippen LogP contribution in [0.3, 0.4) is 0 Å². The number of amides is 1. The van der Waals surface area contributed by atoms with Crippen LogP contribution >= 0.6 is 13.5 Å². The number of halogens is 2. The number of alkyl halides is 2. The van der Waals surface area contributed by atoms with Crippen LogP contribution in [0, 0.1) is 5.92 Å². The molecule has 222 valence electrons. The number of aromatic nitrogens is 4. The number of benzene rings is 1. The van der Waals surface area contributed by atoms with Gasteiger partial charge in [0.05, 0.1) is 23.3 Å². The van der Waals surface area contributed by atoms with Crippen LogP contribution < -0.4 is 10.6 Å². The Hall–Kier alpha value is -3.70. The minimum atomic E-state index is -2.27. The molecule has 0 saturated carbocycles. The third-order valence-corrected chi connectivity index (χ3v) is 7.78. The van der Waals surface area contributed by atoms with E-state index >= 15 is 0 Å². The molecule has 5 rings (SSSR count). The summed E-state index contributed by atoms with van der Waals surface area (Å²) in [4.78, 5) is 32.3. The second kappa shape index (κ2) is 14.5. The van der Waals surface area contributed by atoms with Gasteiger partial charge in [-0.2, -0.15) is 13.5 Å². The zero-order valence-corrected chi connectivity index (χ0v) is 24.9. The number of pyridine rings is 2. The Bertz CT molecular complexity index is 1480. The van der Waals surface area contributed by atoms with E-state index in [1.165, 1.54) is 0 Å². The summed E-state index contributed by atoms with van der Waals surface area (Å²) in [6.07, 6.45) is 5.46. The Labute approximate surface area is 251 Å². The molecular formula is C31H37F2N7OS. The third kappa shape index (κ3) is 7.57. The van der Waals surface area contributed by atoms with Gasteiger partial charge in [-0.15, -0.1) is 0 Å². The Balaban J connectivity index is 0.00000405. The van der Waals surface area contributed by atoms with Crippen LogP contribution in [-0.4, -0.2) is 70.4 Å². The lowest BCUT2D eigenvalue weighted by Gasteiger charge is -2.31. The highest BCUT2D eigenvalue weighted by atomic mass is 32.1. The molecule has 4 heterocycles. The summed E-state index contributed by atoms with van der Waals surface area (Å²) in [7, 11) is 1.62. The molecule has 1 atom stereocenters. The van der Waals surface area contributed by atoms with Gasteiger partial charge in [0.25, 0.3) is 12.3 Å². The minimum Gasteiger partial charge on any atom is -0.369 e. The number of hydrogen-bond acceptors (Lipinski definition) is 7. The average molecular weight is 594 g/mol. The Morgan fingerprint density at radius 3 is 2.60 bits per heavy atom. The number of carbonyl (C=O) groups excluding carboxylic acids is 1. The average Bonchev–Trinajstić information content (AvgIpc) is 3.00. The minimum absolute atomic E-state index is 0. The van der Waals surface area contributed by atoms with Crippen LogP contribution in [0.5, 0.6) is 0 Å². The number of likely N-dealkylation sites (tertiary alicyclic amines) is 1. The van der Waals surface area contributed by atoms with Crippen molar-refractivity contribution in [2.75, 3.05) is 38.5 Å². The van der Waals surface area contributed by atoms with Crippen LogP contribution in [0.1, 0.15) is 47.3 Å². The van der Waals surface area contributed by atoms with E-state index in [0.717, 1.165) is 65.8 Å². The fourth-order valence-electron chi connectivity index (χ4n) is 5.47. The lowest BCUT2D eigenvalue weighted by atomic mass is 9.92. The van der Waals surface area contributed by atoms with Crippen molar-refractivity contribution in [1.82, 2.24) is 30.2 Å². The van der Waals surface area contributed by atoms with Crippen LogP contribution in [0.2, 0.25) is 0 Å². The molecule has 2 N–H and O–H groups in total. The Morgan fingerprint density at radius 1 is 1.07 bits per heavy atom. The van der Waals surface area contributed by atoms with Crippen molar-refractivity contribution < 1.29 is 13.6 Å². The van der Waals surface area contributed by atoms with E-state index in [-0.39, 0.29) is 31.9 Å². The molecule has 1 aliphatic rings. The molecular weight excluding hydrogens is 556 g/mol. The predicted molar refractivity (Wildman–Crippen MR) is 167 cm³/mol. The number of nitrogens with one attached hydrogen (secondary N) is 2. The fourth-order valence-corrected chi connectivity index (χ4v) is 5.47. The molecule has 8 nitrogen and oxygen atoms in total. The summed E-state index contributed by atoms with van der Waals surface area (Å²) in [5.41, 5.74) is 5.15. The summed E-state index contributed by atoms with van der Waals surface area (Å²) in [5, 5.41) is 6.94. The molecule has 0 aliphatic carbocycles. The number of para-hydroxylation sites is 1. The molecule has 11 heteroatoms. The number of fused-ring (bicyclic) bond motifs is 1. The van der Waals surface area contributed by atoms with Gasteiger partial charge in [0.2, 0.25) is 0 Å². The van der Waals surface area contributed by atoms with E-state index in [0.29, 0.717) is 23.8 Å². The van der Waals surface area contributed by atoms with E-state index in [1.807, 2.05) is 47.5 Å². The first kappa shape index (κ1) is 31.2. The molecule has 0 spiro atoms. The Morgan fingerprint density at radius 2 is 1.88 bits per heavy atom. The molecule has 0 radical (unpaired) electrons. The first-order valence-electron chi connectivity index (χ1n) is 14.0. The zero-order chi connectivity index (χ0) is 28.8. The SMILES string of the molecule is CNC(=O)c1ccnc2c([C@H](C)CNc3cc(-c4ccc(CC5CCN(CC(F)F)CC5)nc4)ncn3)cccc12.S. The molecule has 1 amide bonds. The third-order valence-electron chi connectivity index (χ3n) is 7.78. The van der Waals surface area contributed by atoms with Crippen molar-refractivity contribution >= 4 is 36.1 Å². The highest BCUT2D eigenvalue weighted by molar-refractivity contribution is 7.59. The van der Waals surface area contributed by atoms with E-state index < -0.39 is 6.43 Å². The maximum atomic E-state index is 12.6. The lowest BCUT2D eigenvalue weighted by Crippen LogP contribution is -2.37. The largest absolute Gasteiger partial charge is 0.369 e. The number of piperidine rings is 1. The van der Waals surface area contributed by atoms with Crippen molar-refractivity contribution in [1.29, 1.82) is 0 Å². The smallest absolute Gasteiger partial charge is 0.251 e. The van der Waals surface area contributed by atoms with Crippen molar-refractivity contribution in [2.45, 2.75) is 38.5 Å². The highest BCUT2D eigenvalue weighted by Crippen LogP contribution is 2.27. The highest BCUT2D eigenvalue weighted by Gasteiger charge is 2.22. The molecule has 1 fully saturated rings. The van der Waals surface area contributed by atoms with Crippen molar-refractivity contribution in [3.63, 3.8) is 0 Å². The topological polar surface area (TPSA) is 95.9 Å². The molecule has 0 unspecified atom stereocenters. The maximum absolute atomic E-state index is 12.6. The number of carbonyl (C=O) groups is 1. The van der Waals surface area contributed by atoms with E-state index in [1.54, 1.807) is 25.6 Å². The molecule has 4 aromatic rings.